The van der Waals surface area contributed by atoms with Crippen LogP contribution in [-0.4, -0.2) is 21.0 Å². The molecule has 0 aliphatic rings. The van der Waals surface area contributed by atoms with Crippen LogP contribution < -0.4 is 10.9 Å². The molecule has 0 unspecified atom stereocenters. The molecule has 3 aromatic rings. The fourth-order valence-electron chi connectivity index (χ4n) is 2.38. The molecule has 0 bridgehead atoms. The normalized spacial score (nSPS) is 10.8. The fraction of sp³-hybridized carbons (Fsp3) is 0.200. The van der Waals surface area contributed by atoms with E-state index in [9.17, 15) is 14.9 Å². The highest BCUT2D eigenvalue weighted by atomic mass is 16.6. The largest absolute Gasteiger partial charge is 0.418 e. The number of nitro groups is 1. The third-order valence-corrected chi connectivity index (χ3v) is 3.43. The lowest BCUT2D eigenvalue weighted by Gasteiger charge is -2.09. The Labute approximate surface area is 130 Å². The van der Waals surface area contributed by atoms with E-state index in [0.29, 0.717) is 17.5 Å². The van der Waals surface area contributed by atoms with Gasteiger partial charge in [0.05, 0.1) is 11.3 Å². The van der Waals surface area contributed by atoms with Crippen LogP contribution in [0, 0.1) is 10.1 Å². The van der Waals surface area contributed by atoms with Gasteiger partial charge in [0.15, 0.2) is 0 Å². The molecule has 0 aliphatic carbocycles. The van der Waals surface area contributed by atoms with E-state index in [-0.39, 0.29) is 5.69 Å². The average Bonchev–Trinajstić information content (AvgIpc) is 3.04. The number of rotatable bonds is 6. The van der Waals surface area contributed by atoms with Crippen molar-refractivity contribution in [1.82, 2.24) is 9.55 Å². The van der Waals surface area contributed by atoms with Gasteiger partial charge in [-0.25, -0.2) is 9.78 Å². The predicted octanol–water partition coefficient (Wildman–Crippen LogP) is 2.40. The van der Waals surface area contributed by atoms with Crippen molar-refractivity contribution in [2.24, 2.45) is 0 Å². The van der Waals surface area contributed by atoms with Crippen LogP contribution in [0.1, 0.15) is 6.42 Å². The molecule has 23 heavy (non-hydrogen) atoms. The van der Waals surface area contributed by atoms with Crippen LogP contribution in [0.2, 0.25) is 0 Å². The molecule has 0 amide bonds. The zero-order valence-corrected chi connectivity index (χ0v) is 12.1. The highest BCUT2D eigenvalue weighted by molar-refractivity contribution is 5.94. The Bertz CT molecular complexity index is 886. The quantitative estimate of drug-likeness (QED) is 0.324. The number of aromatic nitrogens is 2. The van der Waals surface area contributed by atoms with Crippen molar-refractivity contribution < 1.29 is 9.34 Å². The molecule has 0 aliphatic heterocycles. The second-order valence-electron chi connectivity index (χ2n) is 4.95. The van der Waals surface area contributed by atoms with Crippen molar-refractivity contribution >= 4 is 22.3 Å². The molecule has 0 saturated carbocycles. The number of nitrogens with one attached hydrogen (secondary N) is 1. The molecular formula is C15H14N4O4. The standard InChI is InChI=1S/C15H14N4O4/c20-15-14(19(21)22)13(11-4-1-2-5-12(11)23-15)17-6-3-8-18-9-7-16-10-18/h1-2,4-5,7,9-10,17H,3,6,8H2. The van der Waals surface area contributed by atoms with Crippen LogP contribution in [0.4, 0.5) is 11.4 Å². The van der Waals surface area contributed by atoms with Gasteiger partial charge < -0.3 is 14.3 Å². The summed E-state index contributed by atoms with van der Waals surface area (Å²) in [5, 5.41) is 14.7. The van der Waals surface area contributed by atoms with Crippen LogP contribution in [0.25, 0.3) is 11.0 Å². The summed E-state index contributed by atoms with van der Waals surface area (Å²) in [6.45, 7) is 1.20. The summed E-state index contributed by atoms with van der Waals surface area (Å²) in [6, 6.07) is 6.74. The summed E-state index contributed by atoms with van der Waals surface area (Å²) >= 11 is 0. The van der Waals surface area contributed by atoms with E-state index in [1.165, 1.54) is 0 Å². The van der Waals surface area contributed by atoms with Crippen LogP contribution in [-0.2, 0) is 6.54 Å². The van der Waals surface area contributed by atoms with Crippen molar-refractivity contribution in [2.45, 2.75) is 13.0 Å². The summed E-state index contributed by atoms with van der Waals surface area (Å²) < 4.78 is 6.92. The third-order valence-electron chi connectivity index (χ3n) is 3.43. The zero-order valence-electron chi connectivity index (χ0n) is 12.1. The van der Waals surface area contributed by atoms with Crippen molar-refractivity contribution in [1.29, 1.82) is 0 Å². The number of fused-ring (bicyclic) bond motifs is 1. The van der Waals surface area contributed by atoms with Gasteiger partial charge in [0.2, 0.25) is 0 Å². The average molecular weight is 314 g/mol. The number of hydrogen-bond donors (Lipinski definition) is 1. The van der Waals surface area contributed by atoms with Gasteiger partial charge in [-0.3, -0.25) is 10.1 Å². The minimum Gasteiger partial charge on any atom is -0.418 e. The molecule has 0 radical (unpaired) electrons. The first-order valence-corrected chi connectivity index (χ1v) is 7.06. The summed E-state index contributed by atoms with van der Waals surface area (Å²) in [6.07, 6.45) is 5.96. The molecule has 3 rings (SSSR count). The van der Waals surface area contributed by atoms with Crippen LogP contribution in [0.5, 0.6) is 0 Å². The Kier molecular flexibility index (Phi) is 4.05. The Morgan fingerprint density at radius 2 is 2.17 bits per heavy atom. The molecule has 0 saturated heterocycles. The SMILES string of the molecule is O=c1oc2ccccc2c(NCCCn2ccnc2)c1[N+](=O)[O-]. The van der Waals surface area contributed by atoms with Crippen LogP contribution in [0.3, 0.4) is 0 Å². The molecule has 0 fully saturated rings. The molecule has 0 spiro atoms. The molecule has 1 aromatic carbocycles. The number of para-hydroxylation sites is 1. The van der Waals surface area contributed by atoms with E-state index in [1.807, 2.05) is 10.8 Å². The number of nitrogens with zero attached hydrogens (tertiary/aromatic N) is 3. The lowest BCUT2D eigenvalue weighted by molar-refractivity contribution is -0.386. The monoisotopic (exact) mass is 314 g/mol. The van der Waals surface area contributed by atoms with Crippen molar-refractivity contribution in [3.63, 3.8) is 0 Å². The third kappa shape index (κ3) is 3.05. The second-order valence-corrected chi connectivity index (χ2v) is 4.95. The fourth-order valence-corrected chi connectivity index (χ4v) is 2.38. The van der Waals surface area contributed by atoms with Crippen molar-refractivity contribution in [2.75, 3.05) is 11.9 Å². The molecule has 0 atom stereocenters. The first-order chi connectivity index (χ1) is 11.2. The number of hydrogen-bond acceptors (Lipinski definition) is 6. The summed E-state index contributed by atoms with van der Waals surface area (Å²) in [4.78, 5) is 26.3. The van der Waals surface area contributed by atoms with Gasteiger partial charge in [-0.05, 0) is 18.6 Å². The lowest BCUT2D eigenvalue weighted by Crippen LogP contribution is -2.13. The molecular weight excluding hydrogens is 300 g/mol. The Balaban J connectivity index is 1.86. The Morgan fingerprint density at radius 3 is 2.91 bits per heavy atom. The minimum atomic E-state index is -0.953. The van der Waals surface area contributed by atoms with Gasteiger partial charge in [0.1, 0.15) is 11.3 Å². The maximum absolute atomic E-state index is 11.9. The summed E-state index contributed by atoms with van der Waals surface area (Å²) in [5.41, 5.74) is -0.996. The van der Waals surface area contributed by atoms with Gasteiger partial charge in [0, 0.05) is 30.9 Å². The molecule has 2 aromatic heterocycles. The number of imidazole rings is 1. The van der Waals surface area contributed by atoms with E-state index in [4.69, 9.17) is 4.42 Å². The molecule has 2 heterocycles. The maximum Gasteiger partial charge on any atom is 0.417 e. The van der Waals surface area contributed by atoms with Gasteiger partial charge in [-0.1, -0.05) is 12.1 Å². The van der Waals surface area contributed by atoms with E-state index >= 15 is 0 Å². The Morgan fingerprint density at radius 1 is 1.35 bits per heavy atom. The highest BCUT2D eigenvalue weighted by Crippen LogP contribution is 2.29. The molecule has 118 valence electrons. The van der Waals surface area contributed by atoms with Crippen molar-refractivity contribution in [3.8, 4) is 0 Å². The molecule has 1 N–H and O–H groups in total. The predicted molar refractivity (Wildman–Crippen MR) is 84.5 cm³/mol. The lowest BCUT2D eigenvalue weighted by atomic mass is 10.2. The van der Waals surface area contributed by atoms with E-state index in [1.54, 1.807) is 36.8 Å². The van der Waals surface area contributed by atoms with Gasteiger partial charge in [-0.15, -0.1) is 0 Å². The van der Waals surface area contributed by atoms with Gasteiger partial charge >= 0.3 is 11.3 Å². The minimum absolute atomic E-state index is 0.201. The summed E-state index contributed by atoms with van der Waals surface area (Å²) in [7, 11) is 0. The smallest absolute Gasteiger partial charge is 0.417 e. The molecule has 8 heteroatoms. The topological polar surface area (TPSA) is 103 Å². The second kappa shape index (κ2) is 6.30. The zero-order chi connectivity index (χ0) is 16.2. The van der Waals surface area contributed by atoms with Crippen molar-refractivity contribution in [3.05, 3.63) is 63.5 Å². The van der Waals surface area contributed by atoms with Crippen LogP contribution in [0.15, 0.2) is 52.2 Å². The van der Waals surface area contributed by atoms with E-state index in [2.05, 4.69) is 10.3 Å². The Hall–Kier alpha value is -3.16. The van der Waals surface area contributed by atoms with Gasteiger partial charge in [-0.2, -0.15) is 0 Å². The first kappa shape index (κ1) is 14.8. The van der Waals surface area contributed by atoms with E-state index < -0.39 is 16.2 Å². The maximum atomic E-state index is 11.9. The number of anilines is 1. The first-order valence-electron chi connectivity index (χ1n) is 7.06. The molecule has 8 nitrogen and oxygen atoms in total. The number of benzene rings is 1. The van der Waals surface area contributed by atoms with Crippen LogP contribution >= 0.6 is 0 Å². The van der Waals surface area contributed by atoms with Gasteiger partial charge in [0.25, 0.3) is 0 Å². The highest BCUT2D eigenvalue weighted by Gasteiger charge is 2.24. The van der Waals surface area contributed by atoms with E-state index in [0.717, 1.165) is 13.0 Å². The summed E-state index contributed by atoms with van der Waals surface area (Å²) in [5.74, 6) is 0. The number of aryl methyl sites for hydroxylation is 1.